The molecule has 0 aliphatic carbocycles. The highest BCUT2D eigenvalue weighted by Crippen LogP contribution is 2.19. The first-order chi connectivity index (χ1) is 8.11. The molecular weight excluding hydrogens is 226 g/mol. The van der Waals surface area contributed by atoms with Crippen molar-refractivity contribution in [2.24, 2.45) is 0 Å². The molecular formula is C9H13N5O3. The van der Waals surface area contributed by atoms with Gasteiger partial charge in [-0.2, -0.15) is 0 Å². The van der Waals surface area contributed by atoms with Gasteiger partial charge in [-0.1, -0.05) is 5.21 Å². The van der Waals surface area contributed by atoms with Gasteiger partial charge in [-0.15, -0.1) is 5.10 Å². The predicted octanol–water partition coefficient (Wildman–Crippen LogP) is -1.42. The fraction of sp³-hybridized carbons (Fsp3) is 0.556. The second-order valence-corrected chi connectivity index (χ2v) is 3.87. The molecule has 1 saturated heterocycles. The molecule has 8 heteroatoms. The summed E-state index contributed by atoms with van der Waals surface area (Å²) in [7, 11) is 1.71. The fourth-order valence-electron chi connectivity index (χ4n) is 1.64. The number of rotatable bonds is 4. The van der Waals surface area contributed by atoms with E-state index in [4.69, 9.17) is 5.11 Å². The Morgan fingerprint density at radius 2 is 2.29 bits per heavy atom. The van der Waals surface area contributed by atoms with Crippen LogP contribution in [0.4, 0.5) is 0 Å². The minimum atomic E-state index is -1.10. The Morgan fingerprint density at radius 3 is 2.82 bits per heavy atom. The molecule has 1 aliphatic rings. The number of carbonyl (C=O) groups excluding carboxylic acids is 1. The number of hydrogen-bond acceptors (Lipinski definition) is 5. The van der Waals surface area contributed by atoms with Crippen LogP contribution >= 0.6 is 0 Å². The topological polar surface area (TPSA) is 100 Å². The van der Waals surface area contributed by atoms with Gasteiger partial charge in [-0.05, 0) is 7.05 Å². The van der Waals surface area contributed by atoms with E-state index in [1.165, 1.54) is 10.9 Å². The number of amides is 1. The van der Waals surface area contributed by atoms with Crippen molar-refractivity contribution < 1.29 is 14.7 Å². The molecule has 2 rings (SSSR count). The monoisotopic (exact) mass is 239 g/mol. The number of carboxylic acid groups (broad SMARTS) is 1. The molecule has 1 aromatic heterocycles. The predicted molar refractivity (Wildman–Crippen MR) is 56.5 cm³/mol. The molecule has 1 aromatic rings. The Labute approximate surface area is 97.2 Å². The van der Waals surface area contributed by atoms with Gasteiger partial charge in [0.15, 0.2) is 5.69 Å². The third-order valence-electron chi connectivity index (χ3n) is 2.65. The van der Waals surface area contributed by atoms with Crippen molar-refractivity contribution in [1.82, 2.24) is 25.2 Å². The number of hydrogen-bond donors (Lipinski definition) is 2. The third-order valence-corrected chi connectivity index (χ3v) is 2.65. The SMILES string of the molecule is CNCC(=O)N1CC(n2cc(C(=O)O)nn2)C1. The largest absolute Gasteiger partial charge is 0.476 e. The Kier molecular flexibility index (Phi) is 3.05. The standard InChI is InChI=1S/C9H13N5O3/c1-10-2-8(15)13-3-6(4-13)14-5-7(9(16)17)11-12-14/h5-6,10H,2-4H2,1H3,(H,16,17). The van der Waals surface area contributed by atoms with Crippen molar-refractivity contribution in [2.75, 3.05) is 26.7 Å². The number of likely N-dealkylation sites (N-methyl/N-ethyl adjacent to an activating group) is 1. The van der Waals surface area contributed by atoms with Crippen LogP contribution in [0.3, 0.4) is 0 Å². The van der Waals surface area contributed by atoms with Crippen molar-refractivity contribution in [3.05, 3.63) is 11.9 Å². The van der Waals surface area contributed by atoms with Gasteiger partial charge in [0.25, 0.3) is 0 Å². The maximum atomic E-state index is 11.4. The summed E-state index contributed by atoms with van der Waals surface area (Å²) in [4.78, 5) is 23.7. The van der Waals surface area contributed by atoms with Gasteiger partial charge < -0.3 is 15.3 Å². The summed E-state index contributed by atoms with van der Waals surface area (Å²) in [6, 6.07) is 0.0245. The highest BCUT2D eigenvalue weighted by molar-refractivity contribution is 5.84. The molecule has 8 nitrogen and oxygen atoms in total. The molecule has 2 heterocycles. The zero-order valence-corrected chi connectivity index (χ0v) is 9.33. The summed E-state index contributed by atoms with van der Waals surface area (Å²) in [6.07, 6.45) is 1.38. The second kappa shape index (κ2) is 4.50. The fourth-order valence-corrected chi connectivity index (χ4v) is 1.64. The van der Waals surface area contributed by atoms with Crippen molar-refractivity contribution >= 4 is 11.9 Å². The van der Waals surface area contributed by atoms with E-state index in [-0.39, 0.29) is 17.6 Å². The zero-order valence-electron chi connectivity index (χ0n) is 9.33. The zero-order chi connectivity index (χ0) is 12.4. The van der Waals surface area contributed by atoms with Crippen LogP contribution in [-0.2, 0) is 4.79 Å². The van der Waals surface area contributed by atoms with Crippen molar-refractivity contribution in [2.45, 2.75) is 6.04 Å². The number of carboxylic acids is 1. The molecule has 0 unspecified atom stereocenters. The molecule has 0 radical (unpaired) electrons. The molecule has 1 aliphatic heterocycles. The van der Waals surface area contributed by atoms with E-state index in [0.29, 0.717) is 19.6 Å². The Balaban J connectivity index is 1.90. The smallest absolute Gasteiger partial charge is 0.358 e. The van der Waals surface area contributed by atoms with E-state index in [1.807, 2.05) is 0 Å². The van der Waals surface area contributed by atoms with Crippen molar-refractivity contribution in [3.8, 4) is 0 Å². The number of nitrogens with one attached hydrogen (secondary N) is 1. The number of aromatic carboxylic acids is 1. The van der Waals surface area contributed by atoms with Gasteiger partial charge in [0.2, 0.25) is 5.91 Å². The molecule has 0 atom stereocenters. The van der Waals surface area contributed by atoms with Crippen LogP contribution in [0.25, 0.3) is 0 Å². The molecule has 0 saturated carbocycles. The highest BCUT2D eigenvalue weighted by atomic mass is 16.4. The average Bonchev–Trinajstić information content (AvgIpc) is 2.65. The lowest BCUT2D eigenvalue weighted by molar-refractivity contribution is -0.136. The Morgan fingerprint density at radius 1 is 1.59 bits per heavy atom. The molecule has 1 amide bonds. The summed E-state index contributed by atoms with van der Waals surface area (Å²) in [6.45, 7) is 1.40. The summed E-state index contributed by atoms with van der Waals surface area (Å²) < 4.78 is 1.49. The number of carbonyl (C=O) groups is 2. The lowest BCUT2D eigenvalue weighted by atomic mass is 10.1. The van der Waals surface area contributed by atoms with Crippen LogP contribution in [0.2, 0.25) is 0 Å². The quantitative estimate of drug-likeness (QED) is 0.668. The summed E-state index contributed by atoms with van der Waals surface area (Å²) in [5.41, 5.74) is -0.0787. The van der Waals surface area contributed by atoms with Crippen LogP contribution in [0.5, 0.6) is 0 Å². The van der Waals surface area contributed by atoms with Gasteiger partial charge in [-0.25, -0.2) is 9.48 Å². The van der Waals surface area contributed by atoms with E-state index < -0.39 is 5.97 Å². The summed E-state index contributed by atoms with van der Waals surface area (Å²) in [5.74, 6) is -1.07. The molecule has 0 aromatic carbocycles. The van der Waals surface area contributed by atoms with Crippen LogP contribution in [0.15, 0.2) is 6.20 Å². The van der Waals surface area contributed by atoms with Gasteiger partial charge in [-0.3, -0.25) is 4.79 Å². The van der Waals surface area contributed by atoms with E-state index in [0.717, 1.165) is 0 Å². The van der Waals surface area contributed by atoms with E-state index in [1.54, 1.807) is 11.9 Å². The lowest BCUT2D eigenvalue weighted by Gasteiger charge is -2.38. The van der Waals surface area contributed by atoms with Crippen molar-refractivity contribution in [1.29, 1.82) is 0 Å². The maximum Gasteiger partial charge on any atom is 0.358 e. The van der Waals surface area contributed by atoms with Crippen LogP contribution in [0, 0.1) is 0 Å². The van der Waals surface area contributed by atoms with Crippen molar-refractivity contribution in [3.63, 3.8) is 0 Å². The Hall–Kier alpha value is -1.96. The van der Waals surface area contributed by atoms with Crippen LogP contribution in [0.1, 0.15) is 16.5 Å². The molecule has 0 bridgehead atoms. The highest BCUT2D eigenvalue weighted by Gasteiger charge is 2.32. The van der Waals surface area contributed by atoms with Gasteiger partial charge in [0.05, 0.1) is 18.8 Å². The molecule has 92 valence electrons. The second-order valence-electron chi connectivity index (χ2n) is 3.87. The molecule has 17 heavy (non-hydrogen) atoms. The molecule has 2 N–H and O–H groups in total. The van der Waals surface area contributed by atoms with E-state index >= 15 is 0 Å². The van der Waals surface area contributed by atoms with Crippen LogP contribution < -0.4 is 5.32 Å². The van der Waals surface area contributed by atoms with Gasteiger partial charge in [0.1, 0.15) is 0 Å². The van der Waals surface area contributed by atoms with E-state index in [2.05, 4.69) is 15.6 Å². The first kappa shape index (κ1) is 11.5. The van der Waals surface area contributed by atoms with Gasteiger partial charge >= 0.3 is 5.97 Å². The Bertz CT molecular complexity index is 438. The normalized spacial score (nSPS) is 15.7. The minimum absolute atomic E-state index is 0.0245. The first-order valence-corrected chi connectivity index (χ1v) is 5.19. The summed E-state index contributed by atoms with van der Waals surface area (Å²) in [5, 5.41) is 18.7. The molecule has 0 spiro atoms. The number of aromatic nitrogens is 3. The molecule has 1 fully saturated rings. The average molecular weight is 239 g/mol. The van der Waals surface area contributed by atoms with Crippen LogP contribution in [-0.4, -0.2) is 63.6 Å². The number of likely N-dealkylation sites (tertiary alicyclic amines) is 1. The first-order valence-electron chi connectivity index (χ1n) is 5.19. The lowest BCUT2D eigenvalue weighted by Crippen LogP contribution is -2.53. The maximum absolute atomic E-state index is 11.4. The third kappa shape index (κ3) is 2.26. The minimum Gasteiger partial charge on any atom is -0.476 e. The van der Waals surface area contributed by atoms with Gasteiger partial charge in [0, 0.05) is 13.1 Å². The summed E-state index contributed by atoms with van der Waals surface area (Å²) >= 11 is 0. The van der Waals surface area contributed by atoms with E-state index in [9.17, 15) is 9.59 Å². The number of nitrogens with zero attached hydrogens (tertiary/aromatic N) is 4.